The highest BCUT2D eigenvalue weighted by atomic mass is 16.3. The lowest BCUT2D eigenvalue weighted by Crippen LogP contribution is -2.42. The Kier molecular flexibility index (Phi) is 2.74. The number of rotatable bonds is 0. The number of aromatic hydroxyl groups is 1. The predicted molar refractivity (Wildman–Crippen MR) is 79.1 cm³/mol. The van der Waals surface area contributed by atoms with Crippen LogP contribution in [0.15, 0.2) is 18.2 Å². The van der Waals surface area contributed by atoms with E-state index in [1.165, 1.54) is 11.1 Å². The van der Waals surface area contributed by atoms with Crippen LogP contribution in [0.5, 0.6) is 5.75 Å². The standard InChI is InChI=1S/C18H22O3/c1-18-7-6-13-12-5-3-11(19)8-10(12)2-4-14(13)15(18)9-16(20)17(18)21/h3,5,8,13-16,19-20H,2,4,6-7,9H2,1H3/t13-,14+,15-,16+,18+/m1/s1. The van der Waals surface area contributed by atoms with Crippen molar-refractivity contribution in [2.45, 2.75) is 51.0 Å². The molecule has 0 radical (unpaired) electrons. The molecular weight excluding hydrogens is 264 g/mol. The number of benzene rings is 1. The van der Waals surface area contributed by atoms with Gasteiger partial charge >= 0.3 is 0 Å². The molecule has 0 unspecified atom stereocenters. The average Bonchev–Trinajstić information content (AvgIpc) is 2.70. The third-order valence-electron chi connectivity index (χ3n) is 6.44. The number of aliphatic hydroxyl groups excluding tert-OH is 1. The number of ketones is 1. The van der Waals surface area contributed by atoms with E-state index in [0.717, 1.165) is 25.7 Å². The number of carbonyl (C=O) groups excluding carboxylic acids is 1. The van der Waals surface area contributed by atoms with Crippen LogP contribution in [0, 0.1) is 17.3 Å². The molecule has 0 amide bonds. The third kappa shape index (κ3) is 1.73. The molecule has 0 heterocycles. The van der Waals surface area contributed by atoms with Crippen LogP contribution in [0.4, 0.5) is 0 Å². The predicted octanol–water partition coefficient (Wildman–Crippen LogP) is 2.79. The zero-order chi connectivity index (χ0) is 14.8. The number of hydrogen-bond acceptors (Lipinski definition) is 3. The molecule has 3 aliphatic rings. The summed E-state index contributed by atoms with van der Waals surface area (Å²) < 4.78 is 0. The molecule has 0 aromatic heterocycles. The van der Waals surface area contributed by atoms with E-state index in [4.69, 9.17) is 0 Å². The van der Waals surface area contributed by atoms with Gasteiger partial charge in [-0.15, -0.1) is 0 Å². The molecule has 3 aliphatic carbocycles. The van der Waals surface area contributed by atoms with Gasteiger partial charge in [-0.05, 0) is 73.1 Å². The van der Waals surface area contributed by atoms with E-state index in [-0.39, 0.29) is 11.2 Å². The zero-order valence-corrected chi connectivity index (χ0v) is 12.4. The van der Waals surface area contributed by atoms with Gasteiger partial charge in [0, 0.05) is 5.41 Å². The number of fused-ring (bicyclic) bond motifs is 5. The van der Waals surface area contributed by atoms with Gasteiger partial charge in [-0.3, -0.25) is 4.79 Å². The molecule has 2 saturated carbocycles. The van der Waals surface area contributed by atoms with Gasteiger partial charge in [0.25, 0.3) is 0 Å². The highest BCUT2D eigenvalue weighted by Gasteiger charge is 2.57. The van der Waals surface area contributed by atoms with E-state index in [1.807, 2.05) is 6.07 Å². The molecule has 0 bridgehead atoms. The van der Waals surface area contributed by atoms with Crippen molar-refractivity contribution in [1.29, 1.82) is 0 Å². The molecule has 3 nitrogen and oxygen atoms in total. The van der Waals surface area contributed by atoms with Gasteiger partial charge in [-0.25, -0.2) is 0 Å². The first-order chi connectivity index (χ1) is 10.0. The van der Waals surface area contributed by atoms with Crippen LogP contribution in [0.2, 0.25) is 0 Å². The summed E-state index contributed by atoms with van der Waals surface area (Å²) in [5.74, 6) is 1.73. The average molecular weight is 286 g/mol. The molecule has 0 saturated heterocycles. The SMILES string of the molecule is C[C@]12CC[C@@H]3c4ccc(O)cc4CC[C@@H]3[C@H]1C[C@H](O)C2=O. The topological polar surface area (TPSA) is 57.5 Å². The summed E-state index contributed by atoms with van der Waals surface area (Å²) in [4.78, 5) is 12.3. The lowest BCUT2D eigenvalue weighted by atomic mass is 9.55. The van der Waals surface area contributed by atoms with Crippen LogP contribution in [0.25, 0.3) is 0 Å². The van der Waals surface area contributed by atoms with Crippen molar-refractivity contribution in [1.82, 2.24) is 0 Å². The minimum atomic E-state index is -0.750. The maximum absolute atomic E-state index is 12.3. The van der Waals surface area contributed by atoms with E-state index < -0.39 is 6.10 Å². The van der Waals surface area contributed by atoms with Gasteiger partial charge in [0.05, 0.1) is 0 Å². The molecule has 0 aliphatic heterocycles. The van der Waals surface area contributed by atoms with Gasteiger partial charge < -0.3 is 10.2 Å². The molecule has 2 fully saturated rings. The smallest absolute Gasteiger partial charge is 0.167 e. The van der Waals surface area contributed by atoms with Crippen molar-refractivity contribution in [3.8, 4) is 5.75 Å². The monoisotopic (exact) mass is 286 g/mol. The second-order valence-corrected chi connectivity index (χ2v) is 7.37. The number of aryl methyl sites for hydroxylation is 1. The summed E-state index contributed by atoms with van der Waals surface area (Å²) in [5, 5.41) is 19.7. The van der Waals surface area contributed by atoms with Crippen molar-refractivity contribution in [2.75, 3.05) is 0 Å². The van der Waals surface area contributed by atoms with Crippen LogP contribution in [0.3, 0.4) is 0 Å². The lowest BCUT2D eigenvalue weighted by Gasteiger charge is -2.48. The fraction of sp³-hybridized carbons (Fsp3) is 0.611. The normalized spacial score (nSPS) is 41.3. The Morgan fingerprint density at radius 3 is 2.90 bits per heavy atom. The van der Waals surface area contributed by atoms with Crippen LogP contribution < -0.4 is 0 Å². The first-order valence-electron chi connectivity index (χ1n) is 8.05. The molecule has 1 aromatic rings. The van der Waals surface area contributed by atoms with Crippen LogP contribution in [0.1, 0.15) is 49.7 Å². The van der Waals surface area contributed by atoms with Crippen LogP contribution >= 0.6 is 0 Å². The molecule has 2 N–H and O–H groups in total. The van der Waals surface area contributed by atoms with Gasteiger partial charge in [0.1, 0.15) is 11.9 Å². The van der Waals surface area contributed by atoms with E-state index >= 15 is 0 Å². The molecular formula is C18H22O3. The van der Waals surface area contributed by atoms with Crippen molar-refractivity contribution >= 4 is 5.78 Å². The zero-order valence-electron chi connectivity index (χ0n) is 12.4. The molecule has 1 aromatic carbocycles. The Balaban J connectivity index is 1.73. The second kappa shape index (κ2) is 4.33. The highest BCUT2D eigenvalue weighted by Crippen LogP contribution is 2.59. The maximum Gasteiger partial charge on any atom is 0.167 e. The molecule has 21 heavy (non-hydrogen) atoms. The summed E-state index contributed by atoms with van der Waals surface area (Å²) in [5.41, 5.74) is 2.32. The molecule has 112 valence electrons. The minimum Gasteiger partial charge on any atom is -0.508 e. The lowest BCUT2D eigenvalue weighted by molar-refractivity contribution is -0.134. The fourth-order valence-electron chi connectivity index (χ4n) is 5.36. The number of aliphatic hydroxyl groups is 1. The Morgan fingerprint density at radius 1 is 1.29 bits per heavy atom. The van der Waals surface area contributed by atoms with Gasteiger partial charge in [0.2, 0.25) is 0 Å². The number of Topliss-reactive ketones (excluding diaryl/α,β-unsaturated/α-hetero) is 1. The molecule has 4 rings (SSSR count). The Labute approximate surface area is 125 Å². The van der Waals surface area contributed by atoms with Crippen LogP contribution in [-0.4, -0.2) is 22.1 Å². The minimum absolute atomic E-state index is 0.0717. The number of phenols is 1. The highest BCUT2D eigenvalue weighted by molar-refractivity contribution is 5.91. The first kappa shape index (κ1) is 13.3. The molecule has 5 atom stereocenters. The van der Waals surface area contributed by atoms with Crippen molar-refractivity contribution in [3.05, 3.63) is 29.3 Å². The van der Waals surface area contributed by atoms with E-state index in [1.54, 1.807) is 6.07 Å². The summed E-state index contributed by atoms with van der Waals surface area (Å²) in [6, 6.07) is 5.75. The van der Waals surface area contributed by atoms with E-state index in [0.29, 0.717) is 29.9 Å². The summed E-state index contributed by atoms with van der Waals surface area (Å²) >= 11 is 0. The summed E-state index contributed by atoms with van der Waals surface area (Å²) in [6.07, 6.45) is 3.84. The van der Waals surface area contributed by atoms with Crippen molar-refractivity contribution < 1.29 is 15.0 Å². The second-order valence-electron chi connectivity index (χ2n) is 7.37. The van der Waals surface area contributed by atoms with Gasteiger partial charge in [-0.1, -0.05) is 13.0 Å². The summed E-state index contributed by atoms with van der Waals surface area (Å²) in [6.45, 7) is 2.07. The number of hydrogen-bond donors (Lipinski definition) is 2. The Bertz CT molecular complexity index is 608. The largest absolute Gasteiger partial charge is 0.508 e. The quantitative estimate of drug-likeness (QED) is 0.771. The van der Waals surface area contributed by atoms with Crippen molar-refractivity contribution in [2.24, 2.45) is 17.3 Å². The van der Waals surface area contributed by atoms with Gasteiger partial charge in [0.15, 0.2) is 5.78 Å². The molecule has 0 spiro atoms. The Hall–Kier alpha value is -1.35. The van der Waals surface area contributed by atoms with Gasteiger partial charge in [-0.2, -0.15) is 0 Å². The first-order valence-corrected chi connectivity index (χ1v) is 8.05. The maximum atomic E-state index is 12.3. The number of phenolic OH excluding ortho intramolecular Hbond substituents is 1. The Morgan fingerprint density at radius 2 is 2.10 bits per heavy atom. The molecule has 3 heteroatoms. The summed E-state index contributed by atoms with van der Waals surface area (Å²) in [7, 11) is 0. The van der Waals surface area contributed by atoms with E-state index in [2.05, 4.69) is 13.0 Å². The van der Waals surface area contributed by atoms with E-state index in [9.17, 15) is 15.0 Å². The third-order valence-corrected chi connectivity index (χ3v) is 6.44. The number of carbonyl (C=O) groups is 1. The van der Waals surface area contributed by atoms with Crippen LogP contribution in [-0.2, 0) is 11.2 Å². The van der Waals surface area contributed by atoms with Crippen molar-refractivity contribution in [3.63, 3.8) is 0 Å². The fourth-order valence-corrected chi connectivity index (χ4v) is 5.36.